The molecule has 0 unspecified atom stereocenters. The number of aryl methyl sites for hydroxylation is 1. The van der Waals surface area contributed by atoms with E-state index < -0.39 is 0 Å². The summed E-state index contributed by atoms with van der Waals surface area (Å²) in [6.07, 6.45) is 3.34. The van der Waals surface area contributed by atoms with Gasteiger partial charge >= 0.3 is 6.09 Å². The Kier molecular flexibility index (Phi) is 7.86. The molecular formula is C30H34N6O4. The molecule has 4 heterocycles. The molecule has 0 spiro atoms. The van der Waals surface area contributed by atoms with Gasteiger partial charge in [0.15, 0.2) is 11.5 Å². The molecule has 0 aliphatic carbocycles. The lowest BCUT2D eigenvalue weighted by Crippen LogP contribution is -2.49. The Morgan fingerprint density at radius 2 is 1.68 bits per heavy atom. The van der Waals surface area contributed by atoms with Gasteiger partial charge in [-0.3, -0.25) is 9.97 Å². The molecule has 40 heavy (non-hydrogen) atoms. The van der Waals surface area contributed by atoms with Crippen LogP contribution in [0.4, 0.5) is 22.0 Å². The zero-order valence-corrected chi connectivity index (χ0v) is 23.5. The number of piperazine rings is 1. The first-order valence-corrected chi connectivity index (χ1v) is 13.3. The van der Waals surface area contributed by atoms with Crippen LogP contribution in [0.3, 0.4) is 0 Å². The molecule has 3 aromatic heterocycles. The molecule has 5 rings (SSSR count). The van der Waals surface area contributed by atoms with Crippen molar-refractivity contribution in [2.45, 2.75) is 13.8 Å². The molecule has 1 amide bonds. The molecule has 1 aliphatic rings. The average Bonchev–Trinajstić information content (AvgIpc) is 2.99. The minimum Gasteiger partial charge on any atom is -0.493 e. The van der Waals surface area contributed by atoms with Crippen LogP contribution >= 0.6 is 0 Å². The van der Waals surface area contributed by atoms with Crippen molar-refractivity contribution >= 4 is 34.3 Å². The standard InChI is InChI=1S/C30H34N6O4/c1-6-40-30(37)36-15-13-35(14-16-36)27-19-24(34(3)22-9-11-31-20(2)17-22)29-28(33-27)23(10-12-32-29)21-7-8-25(38-4)26(18-21)39-5/h7-12,17-19H,6,13-16H2,1-5H3. The summed E-state index contributed by atoms with van der Waals surface area (Å²) in [6.45, 7) is 6.55. The van der Waals surface area contributed by atoms with Crippen LogP contribution in [0.2, 0.25) is 0 Å². The first-order chi connectivity index (χ1) is 19.4. The van der Waals surface area contributed by atoms with Gasteiger partial charge in [-0.15, -0.1) is 0 Å². The fourth-order valence-electron chi connectivity index (χ4n) is 4.96. The molecule has 1 saturated heterocycles. The summed E-state index contributed by atoms with van der Waals surface area (Å²) < 4.78 is 16.2. The van der Waals surface area contributed by atoms with Crippen molar-refractivity contribution in [1.29, 1.82) is 0 Å². The summed E-state index contributed by atoms with van der Waals surface area (Å²) in [5, 5.41) is 0. The minimum absolute atomic E-state index is 0.276. The second kappa shape index (κ2) is 11.6. The maximum Gasteiger partial charge on any atom is 0.409 e. The van der Waals surface area contributed by atoms with E-state index in [0.717, 1.165) is 45.0 Å². The van der Waals surface area contributed by atoms with E-state index in [0.29, 0.717) is 44.3 Å². The zero-order chi connectivity index (χ0) is 28.2. The van der Waals surface area contributed by atoms with E-state index in [1.165, 1.54) is 0 Å². The Hall–Kier alpha value is -4.60. The molecule has 1 fully saturated rings. The number of anilines is 3. The average molecular weight is 543 g/mol. The Bertz CT molecular complexity index is 1520. The Labute approximate surface area is 234 Å². The zero-order valence-electron chi connectivity index (χ0n) is 23.5. The van der Waals surface area contributed by atoms with Crippen LogP contribution in [0.5, 0.6) is 11.5 Å². The van der Waals surface area contributed by atoms with E-state index in [2.05, 4.69) is 20.9 Å². The van der Waals surface area contributed by atoms with Gasteiger partial charge < -0.3 is 28.9 Å². The van der Waals surface area contributed by atoms with Gasteiger partial charge in [0.2, 0.25) is 0 Å². The fraction of sp³-hybridized carbons (Fsp3) is 0.333. The van der Waals surface area contributed by atoms with Crippen LogP contribution in [-0.4, -0.2) is 80.0 Å². The van der Waals surface area contributed by atoms with Crippen LogP contribution in [0.1, 0.15) is 12.6 Å². The van der Waals surface area contributed by atoms with Crippen LogP contribution in [0.25, 0.3) is 22.2 Å². The Morgan fingerprint density at radius 1 is 0.925 bits per heavy atom. The summed E-state index contributed by atoms with van der Waals surface area (Å²) in [4.78, 5) is 32.6. The summed E-state index contributed by atoms with van der Waals surface area (Å²) >= 11 is 0. The maximum atomic E-state index is 12.3. The van der Waals surface area contributed by atoms with E-state index in [1.54, 1.807) is 19.1 Å². The fourth-order valence-corrected chi connectivity index (χ4v) is 4.96. The second-order valence-electron chi connectivity index (χ2n) is 9.51. The number of amides is 1. The van der Waals surface area contributed by atoms with Crippen molar-refractivity contribution in [3.63, 3.8) is 0 Å². The first kappa shape index (κ1) is 27.0. The van der Waals surface area contributed by atoms with E-state index in [1.807, 2.05) is 69.7 Å². The van der Waals surface area contributed by atoms with E-state index in [4.69, 9.17) is 24.2 Å². The molecule has 0 N–H and O–H groups in total. The molecule has 0 saturated carbocycles. The molecule has 208 valence electrons. The Morgan fingerprint density at radius 3 is 2.38 bits per heavy atom. The minimum atomic E-state index is -0.276. The van der Waals surface area contributed by atoms with E-state index in [9.17, 15) is 4.79 Å². The van der Waals surface area contributed by atoms with Crippen molar-refractivity contribution in [3.8, 4) is 22.6 Å². The van der Waals surface area contributed by atoms with Gasteiger partial charge in [0.05, 0.1) is 26.5 Å². The highest BCUT2D eigenvalue weighted by atomic mass is 16.6. The number of aromatic nitrogens is 3. The molecule has 0 atom stereocenters. The lowest BCUT2D eigenvalue weighted by molar-refractivity contribution is 0.105. The molecule has 1 aromatic carbocycles. The lowest BCUT2D eigenvalue weighted by atomic mass is 10.0. The highest BCUT2D eigenvalue weighted by Gasteiger charge is 2.25. The highest BCUT2D eigenvalue weighted by Crippen LogP contribution is 2.39. The second-order valence-corrected chi connectivity index (χ2v) is 9.51. The van der Waals surface area contributed by atoms with Gasteiger partial charge in [-0.05, 0) is 49.7 Å². The highest BCUT2D eigenvalue weighted by molar-refractivity contribution is 6.00. The van der Waals surface area contributed by atoms with Gasteiger partial charge in [-0.1, -0.05) is 6.07 Å². The molecular weight excluding hydrogens is 508 g/mol. The SMILES string of the molecule is CCOC(=O)N1CCN(c2cc(N(C)c3ccnc(C)c3)c3nccc(-c4ccc(OC)c(OC)c4)c3n2)CC1. The largest absolute Gasteiger partial charge is 0.493 e. The number of carbonyl (C=O) groups excluding carboxylic acids is 1. The van der Waals surface area contributed by atoms with E-state index in [-0.39, 0.29) is 6.09 Å². The number of hydrogen-bond acceptors (Lipinski definition) is 9. The van der Waals surface area contributed by atoms with Crippen molar-refractivity contribution in [3.05, 3.63) is 60.6 Å². The lowest BCUT2D eigenvalue weighted by Gasteiger charge is -2.35. The third kappa shape index (κ3) is 5.29. The topological polar surface area (TPSA) is 93.2 Å². The van der Waals surface area contributed by atoms with Crippen LogP contribution in [0.15, 0.2) is 54.9 Å². The monoisotopic (exact) mass is 542 g/mol. The molecule has 4 aromatic rings. The molecule has 0 bridgehead atoms. The number of hydrogen-bond donors (Lipinski definition) is 0. The predicted octanol–water partition coefficient (Wildman–Crippen LogP) is 5.06. The van der Waals surface area contributed by atoms with Crippen LogP contribution < -0.4 is 19.3 Å². The number of carbonyl (C=O) groups is 1. The van der Waals surface area contributed by atoms with E-state index >= 15 is 0 Å². The van der Waals surface area contributed by atoms with Gasteiger partial charge in [-0.25, -0.2) is 9.78 Å². The summed E-state index contributed by atoms with van der Waals surface area (Å²) in [7, 11) is 5.27. The number of nitrogens with zero attached hydrogens (tertiary/aromatic N) is 6. The number of methoxy groups -OCH3 is 2. The predicted molar refractivity (Wildman–Crippen MR) is 156 cm³/mol. The first-order valence-electron chi connectivity index (χ1n) is 13.3. The van der Waals surface area contributed by atoms with Crippen molar-refractivity contribution in [2.24, 2.45) is 0 Å². The Balaban J connectivity index is 1.63. The van der Waals surface area contributed by atoms with Gasteiger partial charge in [-0.2, -0.15) is 0 Å². The van der Waals surface area contributed by atoms with Crippen LogP contribution in [0, 0.1) is 6.92 Å². The number of ether oxygens (including phenoxy) is 3. The molecule has 1 aliphatic heterocycles. The third-order valence-electron chi connectivity index (χ3n) is 7.11. The number of benzene rings is 1. The number of rotatable bonds is 7. The van der Waals surface area contributed by atoms with Crippen molar-refractivity contribution in [2.75, 3.05) is 63.9 Å². The number of pyridine rings is 3. The van der Waals surface area contributed by atoms with Crippen LogP contribution in [-0.2, 0) is 4.74 Å². The normalized spacial score (nSPS) is 13.3. The van der Waals surface area contributed by atoms with Crippen molar-refractivity contribution < 1.29 is 19.0 Å². The summed E-state index contributed by atoms with van der Waals surface area (Å²) in [5.41, 5.74) is 6.26. The van der Waals surface area contributed by atoms with Gasteiger partial charge in [0, 0.05) is 68.6 Å². The smallest absolute Gasteiger partial charge is 0.409 e. The maximum absolute atomic E-state index is 12.3. The van der Waals surface area contributed by atoms with Crippen molar-refractivity contribution in [1.82, 2.24) is 19.9 Å². The molecule has 10 heteroatoms. The molecule has 0 radical (unpaired) electrons. The summed E-state index contributed by atoms with van der Waals surface area (Å²) in [6, 6.07) is 13.9. The molecule has 10 nitrogen and oxygen atoms in total. The number of fused-ring (bicyclic) bond motifs is 1. The van der Waals surface area contributed by atoms with Gasteiger partial charge in [0.1, 0.15) is 16.9 Å². The van der Waals surface area contributed by atoms with Gasteiger partial charge in [0.25, 0.3) is 0 Å². The quantitative estimate of drug-likeness (QED) is 0.318. The summed E-state index contributed by atoms with van der Waals surface area (Å²) in [5.74, 6) is 2.12. The third-order valence-corrected chi connectivity index (χ3v) is 7.11.